The molecule has 2 heterocycles. The number of alkyl halides is 4. The van der Waals surface area contributed by atoms with Gasteiger partial charge in [0.15, 0.2) is 0 Å². The zero-order valence-electron chi connectivity index (χ0n) is 20.9. The number of thioether (sulfide) groups is 1. The average Bonchev–Trinajstić information content (AvgIpc) is 2.90. The van der Waals surface area contributed by atoms with Crippen LogP contribution in [0.2, 0.25) is 0 Å². The van der Waals surface area contributed by atoms with E-state index in [1.807, 2.05) is 0 Å². The maximum absolute atomic E-state index is 15.7. The Bertz CT molecular complexity index is 681. The van der Waals surface area contributed by atoms with Crippen molar-refractivity contribution in [2.24, 2.45) is 16.7 Å². The number of rotatable bonds is 8. The standard InChI is InChI=1S/C26H44F4S2/c1-7-20(3,4)19-11-9-14-23(31,16-12-19)26(29,30)25(27,28)18-22-13-10-15-24(17-22,32-22)21(5,6)8-2/h19,31H,7-18H2,1-6H3. The van der Waals surface area contributed by atoms with Crippen LogP contribution in [0.25, 0.3) is 0 Å². The summed E-state index contributed by atoms with van der Waals surface area (Å²) in [6.07, 6.45) is 6.36. The lowest BCUT2D eigenvalue weighted by molar-refractivity contribution is -0.236. The molecular formula is C26H44F4S2. The first-order valence-electron chi connectivity index (χ1n) is 12.7. The van der Waals surface area contributed by atoms with Crippen molar-refractivity contribution >= 4 is 24.4 Å². The van der Waals surface area contributed by atoms with E-state index in [0.717, 1.165) is 32.1 Å². The van der Waals surface area contributed by atoms with Gasteiger partial charge in [0.25, 0.3) is 0 Å². The highest BCUT2D eigenvalue weighted by molar-refractivity contribution is 8.03. The van der Waals surface area contributed by atoms with Gasteiger partial charge in [-0.15, -0.1) is 11.8 Å². The highest BCUT2D eigenvalue weighted by Crippen LogP contribution is 2.73. The van der Waals surface area contributed by atoms with E-state index in [1.165, 1.54) is 0 Å². The zero-order chi connectivity index (χ0) is 24.3. The van der Waals surface area contributed by atoms with E-state index in [4.69, 9.17) is 0 Å². The van der Waals surface area contributed by atoms with Crippen LogP contribution < -0.4 is 0 Å². The molecule has 4 fully saturated rings. The summed E-state index contributed by atoms with van der Waals surface area (Å²) >= 11 is 5.96. The molecule has 0 amide bonds. The zero-order valence-corrected chi connectivity index (χ0v) is 22.6. The first kappa shape index (κ1) is 27.0. The van der Waals surface area contributed by atoms with E-state index >= 15 is 17.6 Å². The second-order valence-electron chi connectivity index (χ2n) is 12.5. The van der Waals surface area contributed by atoms with Crippen molar-refractivity contribution in [3.8, 4) is 0 Å². The first-order chi connectivity index (χ1) is 14.5. The highest BCUT2D eigenvalue weighted by Gasteiger charge is 2.72. The third-order valence-corrected chi connectivity index (χ3v) is 12.9. The highest BCUT2D eigenvalue weighted by atomic mass is 32.2. The molecule has 2 aliphatic heterocycles. The fraction of sp³-hybridized carbons (Fsp3) is 1.00. The van der Waals surface area contributed by atoms with Gasteiger partial charge < -0.3 is 0 Å². The monoisotopic (exact) mass is 496 g/mol. The summed E-state index contributed by atoms with van der Waals surface area (Å²) in [6.45, 7) is 13.0. The molecule has 6 heteroatoms. The molecule has 32 heavy (non-hydrogen) atoms. The van der Waals surface area contributed by atoms with Crippen molar-refractivity contribution in [1.29, 1.82) is 0 Å². The molecule has 0 radical (unpaired) electrons. The lowest BCUT2D eigenvalue weighted by Gasteiger charge is -2.66. The van der Waals surface area contributed by atoms with Gasteiger partial charge in [0, 0.05) is 15.9 Å². The maximum atomic E-state index is 15.7. The molecule has 2 bridgehead atoms. The van der Waals surface area contributed by atoms with Crippen LogP contribution in [0.1, 0.15) is 119 Å². The largest absolute Gasteiger partial charge is 0.324 e. The Morgan fingerprint density at radius 1 is 0.875 bits per heavy atom. The fourth-order valence-corrected chi connectivity index (χ4v) is 9.56. The van der Waals surface area contributed by atoms with Crippen LogP contribution in [0.3, 0.4) is 0 Å². The van der Waals surface area contributed by atoms with E-state index in [1.54, 1.807) is 11.8 Å². The molecule has 4 rings (SSSR count). The van der Waals surface area contributed by atoms with Crippen molar-refractivity contribution in [1.82, 2.24) is 0 Å². The van der Waals surface area contributed by atoms with Crippen molar-refractivity contribution < 1.29 is 17.6 Å². The van der Waals surface area contributed by atoms with Crippen molar-refractivity contribution in [2.45, 2.75) is 145 Å². The molecule has 0 N–H and O–H groups in total. The Balaban J connectivity index is 1.76. The molecule has 2 saturated carbocycles. The fourth-order valence-electron chi connectivity index (χ4n) is 6.69. The van der Waals surface area contributed by atoms with E-state index in [2.05, 4.69) is 54.2 Å². The third-order valence-electron chi connectivity index (χ3n) is 10.0. The summed E-state index contributed by atoms with van der Waals surface area (Å²) in [4.78, 5) is 0. The molecule has 4 atom stereocenters. The minimum Gasteiger partial charge on any atom is -0.200 e. The van der Waals surface area contributed by atoms with Gasteiger partial charge in [-0.3, -0.25) is 0 Å². The number of fused-ring (bicyclic) bond motifs is 2. The first-order valence-corrected chi connectivity index (χ1v) is 14.0. The number of thiol groups is 1. The van der Waals surface area contributed by atoms with E-state index in [9.17, 15) is 0 Å². The van der Waals surface area contributed by atoms with Crippen molar-refractivity contribution in [3.05, 3.63) is 0 Å². The van der Waals surface area contributed by atoms with Crippen LogP contribution >= 0.6 is 24.4 Å². The molecule has 2 saturated heterocycles. The Morgan fingerprint density at radius 3 is 2.06 bits per heavy atom. The summed E-state index contributed by atoms with van der Waals surface area (Å²) in [5.74, 6) is -7.87. The van der Waals surface area contributed by atoms with Gasteiger partial charge in [0.2, 0.25) is 0 Å². The van der Waals surface area contributed by atoms with Crippen LogP contribution in [0.4, 0.5) is 17.6 Å². The molecule has 4 aliphatic rings. The lowest BCUT2D eigenvalue weighted by atomic mass is 9.63. The molecule has 0 spiro atoms. The van der Waals surface area contributed by atoms with Crippen LogP contribution in [0.15, 0.2) is 0 Å². The Kier molecular flexibility index (Phi) is 7.19. The number of hydrogen-bond acceptors (Lipinski definition) is 2. The van der Waals surface area contributed by atoms with Gasteiger partial charge in [-0.1, -0.05) is 60.8 Å². The molecule has 0 aromatic rings. The van der Waals surface area contributed by atoms with Gasteiger partial charge in [0.05, 0.1) is 4.75 Å². The van der Waals surface area contributed by atoms with Gasteiger partial charge in [0.1, 0.15) is 0 Å². The van der Waals surface area contributed by atoms with Gasteiger partial charge >= 0.3 is 11.8 Å². The van der Waals surface area contributed by atoms with Crippen LogP contribution in [-0.4, -0.2) is 26.1 Å². The lowest BCUT2D eigenvalue weighted by Crippen LogP contribution is -2.65. The topological polar surface area (TPSA) is 0 Å². The second kappa shape index (κ2) is 8.52. The smallest absolute Gasteiger partial charge is 0.200 e. The molecule has 0 aromatic heterocycles. The maximum Gasteiger partial charge on any atom is 0.324 e. The predicted molar refractivity (Wildman–Crippen MR) is 132 cm³/mol. The minimum absolute atomic E-state index is 0.0343. The summed E-state index contributed by atoms with van der Waals surface area (Å²) in [5, 5.41) is 0. The van der Waals surface area contributed by atoms with Gasteiger partial charge in [-0.25, -0.2) is 0 Å². The van der Waals surface area contributed by atoms with E-state index < -0.39 is 27.8 Å². The summed E-state index contributed by atoms with van der Waals surface area (Å²) in [7, 11) is 0. The van der Waals surface area contributed by atoms with Gasteiger partial charge in [-0.2, -0.15) is 30.2 Å². The molecule has 2 aliphatic carbocycles. The number of halogens is 4. The molecule has 0 aromatic carbocycles. The quantitative estimate of drug-likeness (QED) is 0.198. The molecule has 188 valence electrons. The van der Waals surface area contributed by atoms with Crippen LogP contribution in [0, 0.1) is 16.7 Å². The normalized spacial score (nSPS) is 37.0. The second-order valence-corrected chi connectivity index (χ2v) is 15.2. The summed E-state index contributed by atoms with van der Waals surface area (Å²) in [6, 6.07) is 0. The Labute approximate surface area is 203 Å². The van der Waals surface area contributed by atoms with Crippen molar-refractivity contribution in [2.75, 3.05) is 0 Å². The molecule has 4 unspecified atom stereocenters. The third kappa shape index (κ3) is 4.28. The number of hydrogen-bond donors (Lipinski definition) is 1. The van der Waals surface area contributed by atoms with Crippen LogP contribution in [-0.2, 0) is 0 Å². The Morgan fingerprint density at radius 2 is 1.50 bits per heavy atom. The van der Waals surface area contributed by atoms with Gasteiger partial charge in [-0.05, 0) is 68.1 Å². The summed E-state index contributed by atoms with van der Waals surface area (Å²) < 4.78 is 59.7. The SMILES string of the molecule is CCC(C)(C)C1CCCC(S)(C(F)(F)C(F)(F)CC23CCCC(C(C)(C)CC)(C2)S3)CC1. The van der Waals surface area contributed by atoms with Crippen molar-refractivity contribution in [3.63, 3.8) is 0 Å². The summed E-state index contributed by atoms with van der Waals surface area (Å²) in [5.41, 5.74) is 0.0718. The minimum atomic E-state index is -4.11. The predicted octanol–water partition coefficient (Wildman–Crippen LogP) is 9.57. The van der Waals surface area contributed by atoms with E-state index in [0.29, 0.717) is 25.7 Å². The van der Waals surface area contributed by atoms with Crippen LogP contribution in [0.5, 0.6) is 0 Å². The Hall–Kier alpha value is 0.420. The average molecular weight is 497 g/mol. The molecule has 0 nitrogen and oxygen atoms in total. The molecular weight excluding hydrogens is 452 g/mol. The van der Waals surface area contributed by atoms with E-state index in [-0.39, 0.29) is 34.3 Å².